The second-order valence-corrected chi connectivity index (χ2v) is 8.95. The largest absolute Gasteiger partial charge is 0.478 e. The van der Waals surface area contributed by atoms with Crippen LogP contribution in [0.5, 0.6) is 11.5 Å². The van der Waals surface area contributed by atoms with Crippen molar-refractivity contribution in [1.29, 1.82) is 0 Å². The molecule has 1 saturated heterocycles. The number of amides is 1. The summed E-state index contributed by atoms with van der Waals surface area (Å²) in [6, 6.07) is 24.3. The van der Waals surface area contributed by atoms with Crippen LogP contribution in [0.1, 0.15) is 28.8 Å². The molecule has 3 aromatic carbocycles. The van der Waals surface area contributed by atoms with Crippen molar-refractivity contribution in [1.82, 2.24) is 9.80 Å². The number of anilines is 1. The van der Waals surface area contributed by atoms with Gasteiger partial charge in [-0.15, -0.1) is 0 Å². The number of carbonyl (C=O) groups excluding carboxylic acids is 1. The Morgan fingerprint density at radius 1 is 1.00 bits per heavy atom. The number of nitrogens with zero attached hydrogens (tertiary/aromatic N) is 2. The second-order valence-electron chi connectivity index (χ2n) is 8.95. The van der Waals surface area contributed by atoms with Crippen molar-refractivity contribution >= 4 is 17.6 Å². The van der Waals surface area contributed by atoms with Gasteiger partial charge in [-0.1, -0.05) is 30.3 Å². The summed E-state index contributed by atoms with van der Waals surface area (Å²) >= 11 is 0. The first-order chi connectivity index (χ1) is 17.0. The molecule has 7 heteroatoms. The van der Waals surface area contributed by atoms with Crippen molar-refractivity contribution in [3.8, 4) is 11.5 Å². The lowest BCUT2D eigenvalue weighted by Gasteiger charge is -2.28. The lowest BCUT2D eigenvalue weighted by atomic mass is 10.1. The van der Waals surface area contributed by atoms with E-state index in [9.17, 15) is 9.59 Å². The molecule has 1 heterocycles. The topological polar surface area (TPSA) is 82.1 Å². The fraction of sp³-hybridized carbons (Fsp3) is 0.286. The standard InChI is InChI=1S/C28H31N3O4/c1-30(18-21-9-11-22(12-10-21)28(33)34)19-24-6-5-17-31(24)20-27(32)29-23-13-15-26(16-14-23)35-25-7-3-2-4-8-25/h2-4,7-16,24H,5-6,17-20H2,1H3,(H,29,32)(H,33,34). The summed E-state index contributed by atoms with van der Waals surface area (Å²) in [6.45, 7) is 2.84. The third kappa shape index (κ3) is 7.15. The Balaban J connectivity index is 1.25. The van der Waals surface area contributed by atoms with E-state index in [1.807, 2.05) is 66.7 Å². The fourth-order valence-electron chi connectivity index (χ4n) is 4.41. The van der Waals surface area contributed by atoms with Gasteiger partial charge in [-0.2, -0.15) is 0 Å². The van der Waals surface area contributed by atoms with Crippen LogP contribution in [-0.4, -0.2) is 59.5 Å². The number of nitrogens with one attached hydrogen (secondary N) is 1. The van der Waals surface area contributed by atoms with Crippen molar-refractivity contribution < 1.29 is 19.4 Å². The zero-order chi connectivity index (χ0) is 24.6. The Morgan fingerprint density at radius 3 is 2.37 bits per heavy atom. The molecule has 1 amide bonds. The van der Waals surface area contributed by atoms with E-state index >= 15 is 0 Å². The molecule has 0 bridgehead atoms. The van der Waals surface area contributed by atoms with Gasteiger partial charge in [0.05, 0.1) is 12.1 Å². The quantitative estimate of drug-likeness (QED) is 0.444. The third-order valence-corrected chi connectivity index (χ3v) is 6.14. The summed E-state index contributed by atoms with van der Waals surface area (Å²) in [6.07, 6.45) is 2.13. The summed E-state index contributed by atoms with van der Waals surface area (Å²) in [5, 5.41) is 12.0. The van der Waals surface area contributed by atoms with Crippen LogP contribution < -0.4 is 10.1 Å². The highest BCUT2D eigenvalue weighted by Crippen LogP contribution is 2.23. The smallest absolute Gasteiger partial charge is 0.335 e. The van der Waals surface area contributed by atoms with Crippen LogP contribution in [0.15, 0.2) is 78.9 Å². The van der Waals surface area contributed by atoms with Crippen molar-refractivity contribution in [2.75, 3.05) is 32.0 Å². The number of aromatic carboxylic acids is 1. The lowest BCUT2D eigenvalue weighted by molar-refractivity contribution is -0.117. The molecule has 7 nitrogen and oxygen atoms in total. The molecule has 0 spiro atoms. The maximum Gasteiger partial charge on any atom is 0.335 e. The Hall–Kier alpha value is -3.68. The number of carbonyl (C=O) groups is 2. The van der Waals surface area contributed by atoms with Crippen LogP contribution in [0, 0.1) is 0 Å². The molecule has 0 saturated carbocycles. The number of benzene rings is 3. The van der Waals surface area contributed by atoms with E-state index in [0.29, 0.717) is 18.2 Å². The van der Waals surface area contributed by atoms with Gasteiger partial charge in [0, 0.05) is 24.8 Å². The molecule has 0 aromatic heterocycles. The summed E-state index contributed by atoms with van der Waals surface area (Å²) in [5.41, 5.74) is 2.11. The Labute approximate surface area is 205 Å². The molecule has 35 heavy (non-hydrogen) atoms. The first kappa shape index (κ1) is 24.4. The molecule has 1 fully saturated rings. The van der Waals surface area contributed by atoms with E-state index in [2.05, 4.69) is 22.2 Å². The predicted molar refractivity (Wildman–Crippen MR) is 136 cm³/mol. The Bertz CT molecular complexity index is 1120. The fourth-order valence-corrected chi connectivity index (χ4v) is 4.41. The van der Waals surface area contributed by atoms with Crippen LogP contribution in [0.2, 0.25) is 0 Å². The van der Waals surface area contributed by atoms with Crippen LogP contribution >= 0.6 is 0 Å². The maximum absolute atomic E-state index is 12.7. The molecule has 0 aliphatic carbocycles. The van der Waals surface area contributed by atoms with Gasteiger partial charge in [-0.05, 0) is 80.5 Å². The van der Waals surface area contributed by atoms with Crippen LogP contribution in [0.25, 0.3) is 0 Å². The number of hydrogen-bond donors (Lipinski definition) is 2. The van der Waals surface area contributed by atoms with Crippen LogP contribution in [0.3, 0.4) is 0 Å². The number of para-hydroxylation sites is 1. The van der Waals surface area contributed by atoms with E-state index < -0.39 is 5.97 Å². The van der Waals surface area contributed by atoms with E-state index in [0.717, 1.165) is 55.2 Å². The van der Waals surface area contributed by atoms with Gasteiger partial charge < -0.3 is 20.1 Å². The number of hydrogen-bond acceptors (Lipinski definition) is 5. The zero-order valence-corrected chi connectivity index (χ0v) is 19.9. The molecule has 1 aliphatic heterocycles. The predicted octanol–water partition coefficient (Wildman–Crippen LogP) is 4.71. The Morgan fingerprint density at radius 2 is 1.69 bits per heavy atom. The first-order valence-corrected chi connectivity index (χ1v) is 11.8. The molecule has 4 rings (SSSR count). The number of carboxylic acid groups (broad SMARTS) is 1. The van der Waals surface area contributed by atoms with Gasteiger partial charge in [0.2, 0.25) is 5.91 Å². The number of ether oxygens (including phenoxy) is 1. The molecule has 1 atom stereocenters. The second kappa shape index (κ2) is 11.6. The van der Waals surface area contributed by atoms with Crippen LogP contribution in [-0.2, 0) is 11.3 Å². The van der Waals surface area contributed by atoms with Gasteiger partial charge in [-0.3, -0.25) is 9.69 Å². The SMILES string of the molecule is CN(Cc1ccc(C(=O)O)cc1)CC1CCCN1CC(=O)Nc1ccc(Oc2ccccc2)cc1. The van der Waals surface area contributed by atoms with Crippen molar-refractivity contribution in [2.45, 2.75) is 25.4 Å². The first-order valence-electron chi connectivity index (χ1n) is 11.8. The summed E-state index contributed by atoms with van der Waals surface area (Å²) in [7, 11) is 2.06. The maximum atomic E-state index is 12.7. The molecule has 3 aromatic rings. The van der Waals surface area contributed by atoms with Crippen LogP contribution in [0.4, 0.5) is 5.69 Å². The number of likely N-dealkylation sites (N-methyl/N-ethyl adjacent to an activating group) is 1. The summed E-state index contributed by atoms with van der Waals surface area (Å²) < 4.78 is 5.80. The van der Waals surface area contributed by atoms with E-state index in [-0.39, 0.29) is 5.91 Å². The normalized spacial score (nSPS) is 15.8. The zero-order valence-electron chi connectivity index (χ0n) is 19.9. The summed E-state index contributed by atoms with van der Waals surface area (Å²) in [5.74, 6) is 0.544. The Kier molecular flexibility index (Phi) is 8.13. The van der Waals surface area contributed by atoms with Gasteiger partial charge in [0.25, 0.3) is 0 Å². The van der Waals surface area contributed by atoms with E-state index in [1.54, 1.807) is 12.1 Å². The number of likely N-dealkylation sites (tertiary alicyclic amines) is 1. The van der Waals surface area contributed by atoms with Gasteiger partial charge in [0.1, 0.15) is 11.5 Å². The molecule has 1 unspecified atom stereocenters. The molecular weight excluding hydrogens is 442 g/mol. The highest BCUT2D eigenvalue weighted by Gasteiger charge is 2.27. The minimum absolute atomic E-state index is 0.0273. The van der Waals surface area contributed by atoms with Crippen molar-refractivity contribution in [3.63, 3.8) is 0 Å². The van der Waals surface area contributed by atoms with E-state index in [4.69, 9.17) is 9.84 Å². The molecular formula is C28H31N3O4. The summed E-state index contributed by atoms with van der Waals surface area (Å²) in [4.78, 5) is 28.2. The lowest BCUT2D eigenvalue weighted by Crippen LogP contribution is -2.42. The van der Waals surface area contributed by atoms with Gasteiger partial charge in [0.15, 0.2) is 0 Å². The average Bonchev–Trinajstić information content (AvgIpc) is 3.27. The molecule has 0 radical (unpaired) electrons. The average molecular weight is 474 g/mol. The third-order valence-electron chi connectivity index (χ3n) is 6.14. The minimum Gasteiger partial charge on any atom is -0.478 e. The van der Waals surface area contributed by atoms with Crippen molar-refractivity contribution in [3.05, 3.63) is 90.0 Å². The molecule has 1 aliphatic rings. The molecule has 2 N–H and O–H groups in total. The number of carboxylic acids is 1. The molecule has 182 valence electrons. The minimum atomic E-state index is -0.916. The van der Waals surface area contributed by atoms with Crippen molar-refractivity contribution in [2.24, 2.45) is 0 Å². The van der Waals surface area contributed by atoms with Gasteiger partial charge >= 0.3 is 5.97 Å². The highest BCUT2D eigenvalue weighted by molar-refractivity contribution is 5.92. The monoisotopic (exact) mass is 473 g/mol. The highest BCUT2D eigenvalue weighted by atomic mass is 16.5. The number of rotatable bonds is 10. The van der Waals surface area contributed by atoms with Gasteiger partial charge in [-0.25, -0.2) is 4.79 Å². The van der Waals surface area contributed by atoms with E-state index in [1.165, 1.54) is 0 Å².